The van der Waals surface area contributed by atoms with Crippen molar-refractivity contribution in [1.29, 1.82) is 0 Å². The van der Waals surface area contributed by atoms with Crippen LogP contribution in [-0.2, 0) is 0 Å². The van der Waals surface area contributed by atoms with Crippen molar-refractivity contribution in [3.8, 4) is 0 Å². The molecule has 1 unspecified atom stereocenters. The van der Waals surface area contributed by atoms with Crippen LogP contribution in [0, 0.1) is 5.41 Å². The first kappa shape index (κ1) is 14.8. The SMILES string of the molecule is CCC1(CN(C)CCC(F)(F)F)CCCNC1. The van der Waals surface area contributed by atoms with Gasteiger partial charge in [-0.05, 0) is 38.3 Å². The summed E-state index contributed by atoms with van der Waals surface area (Å²) in [6.07, 6.45) is -1.49. The molecule has 1 aliphatic heterocycles. The molecule has 17 heavy (non-hydrogen) atoms. The lowest BCUT2D eigenvalue weighted by Gasteiger charge is -2.40. The molecule has 5 heteroatoms. The Morgan fingerprint density at radius 3 is 2.53 bits per heavy atom. The molecule has 102 valence electrons. The van der Waals surface area contributed by atoms with Crippen molar-refractivity contribution in [3.63, 3.8) is 0 Å². The van der Waals surface area contributed by atoms with Crippen molar-refractivity contribution in [2.24, 2.45) is 5.41 Å². The van der Waals surface area contributed by atoms with E-state index >= 15 is 0 Å². The van der Waals surface area contributed by atoms with Gasteiger partial charge in [-0.3, -0.25) is 0 Å². The van der Waals surface area contributed by atoms with Gasteiger partial charge in [0.15, 0.2) is 0 Å². The topological polar surface area (TPSA) is 15.3 Å². The Balaban J connectivity index is 2.39. The van der Waals surface area contributed by atoms with Crippen LogP contribution in [0.15, 0.2) is 0 Å². The molecular weight excluding hydrogens is 229 g/mol. The average Bonchev–Trinajstić information content (AvgIpc) is 2.27. The van der Waals surface area contributed by atoms with Crippen LogP contribution >= 0.6 is 0 Å². The van der Waals surface area contributed by atoms with E-state index in [4.69, 9.17) is 0 Å². The lowest BCUT2D eigenvalue weighted by molar-refractivity contribution is -0.138. The van der Waals surface area contributed by atoms with Crippen LogP contribution in [0.2, 0.25) is 0 Å². The minimum Gasteiger partial charge on any atom is -0.316 e. The quantitative estimate of drug-likeness (QED) is 0.809. The van der Waals surface area contributed by atoms with E-state index in [2.05, 4.69) is 12.2 Å². The van der Waals surface area contributed by atoms with Gasteiger partial charge in [0.1, 0.15) is 0 Å². The summed E-state index contributed by atoms with van der Waals surface area (Å²) in [5.41, 5.74) is 0.165. The lowest BCUT2D eigenvalue weighted by Crippen LogP contribution is -2.46. The highest BCUT2D eigenvalue weighted by atomic mass is 19.4. The molecule has 0 spiro atoms. The number of piperidine rings is 1. The number of halogens is 3. The maximum Gasteiger partial charge on any atom is 0.390 e. The average molecular weight is 252 g/mol. The van der Waals surface area contributed by atoms with Crippen LogP contribution < -0.4 is 5.32 Å². The van der Waals surface area contributed by atoms with Gasteiger partial charge in [-0.1, -0.05) is 6.92 Å². The molecule has 1 heterocycles. The molecule has 1 N–H and O–H groups in total. The molecule has 1 saturated heterocycles. The molecular formula is C12H23F3N2. The molecule has 1 aliphatic rings. The maximum atomic E-state index is 12.1. The molecule has 0 aromatic rings. The lowest BCUT2D eigenvalue weighted by atomic mass is 9.78. The number of hydrogen-bond donors (Lipinski definition) is 1. The normalized spacial score (nSPS) is 26.5. The smallest absolute Gasteiger partial charge is 0.316 e. The first-order valence-electron chi connectivity index (χ1n) is 6.33. The van der Waals surface area contributed by atoms with Crippen molar-refractivity contribution in [2.75, 3.05) is 33.2 Å². The Bertz CT molecular complexity index is 222. The molecule has 0 saturated carbocycles. The molecule has 0 aromatic carbocycles. The standard InChI is InChI=1S/C12H23F3N2/c1-3-11(5-4-7-16-9-11)10-17(2)8-6-12(13,14)15/h16H,3-10H2,1-2H3. The summed E-state index contributed by atoms with van der Waals surface area (Å²) >= 11 is 0. The van der Waals surface area contributed by atoms with Crippen LogP contribution in [0.3, 0.4) is 0 Å². The first-order chi connectivity index (χ1) is 7.87. The largest absolute Gasteiger partial charge is 0.390 e. The number of hydrogen-bond acceptors (Lipinski definition) is 2. The zero-order chi connectivity index (χ0) is 12.9. The van der Waals surface area contributed by atoms with Crippen molar-refractivity contribution in [3.05, 3.63) is 0 Å². The second-order valence-corrected chi connectivity index (χ2v) is 5.24. The Morgan fingerprint density at radius 2 is 2.06 bits per heavy atom. The highest BCUT2D eigenvalue weighted by Crippen LogP contribution is 2.31. The van der Waals surface area contributed by atoms with Crippen molar-refractivity contribution in [2.45, 2.75) is 38.8 Å². The van der Waals surface area contributed by atoms with Crippen LogP contribution in [0.4, 0.5) is 13.2 Å². The molecule has 0 radical (unpaired) electrons. The van der Waals surface area contributed by atoms with Gasteiger partial charge in [-0.15, -0.1) is 0 Å². The number of alkyl halides is 3. The fourth-order valence-electron chi connectivity index (χ4n) is 2.55. The van der Waals surface area contributed by atoms with E-state index in [1.165, 1.54) is 0 Å². The van der Waals surface area contributed by atoms with Crippen LogP contribution in [0.25, 0.3) is 0 Å². The Hall–Kier alpha value is -0.290. The molecule has 1 fully saturated rings. The zero-order valence-corrected chi connectivity index (χ0v) is 10.7. The summed E-state index contributed by atoms with van der Waals surface area (Å²) in [7, 11) is 1.79. The van der Waals surface area contributed by atoms with E-state index in [0.717, 1.165) is 38.9 Å². The number of rotatable bonds is 5. The van der Waals surface area contributed by atoms with Crippen molar-refractivity contribution in [1.82, 2.24) is 10.2 Å². The number of nitrogens with zero attached hydrogens (tertiary/aromatic N) is 1. The van der Waals surface area contributed by atoms with Gasteiger partial charge in [0.05, 0.1) is 6.42 Å². The molecule has 1 atom stereocenters. The van der Waals surface area contributed by atoms with E-state index in [1.54, 1.807) is 7.05 Å². The van der Waals surface area contributed by atoms with Gasteiger partial charge in [-0.2, -0.15) is 13.2 Å². The van der Waals surface area contributed by atoms with Gasteiger partial charge in [0.2, 0.25) is 0 Å². The molecule has 0 amide bonds. The summed E-state index contributed by atoms with van der Waals surface area (Å²) in [5.74, 6) is 0. The van der Waals surface area contributed by atoms with Crippen molar-refractivity contribution >= 4 is 0 Å². The summed E-state index contributed by atoms with van der Waals surface area (Å²) in [6.45, 7) is 4.95. The Kier molecular flexibility index (Phi) is 5.25. The summed E-state index contributed by atoms with van der Waals surface area (Å²) < 4.78 is 36.4. The van der Waals surface area contributed by atoms with E-state index < -0.39 is 12.6 Å². The minimum atomic E-state index is -4.04. The van der Waals surface area contributed by atoms with E-state index in [1.807, 2.05) is 4.90 Å². The third-order valence-electron chi connectivity index (χ3n) is 3.69. The molecule has 0 bridgehead atoms. The number of nitrogens with one attached hydrogen (secondary N) is 1. The summed E-state index contributed by atoms with van der Waals surface area (Å²) in [4.78, 5) is 1.82. The maximum absolute atomic E-state index is 12.1. The zero-order valence-electron chi connectivity index (χ0n) is 10.7. The highest BCUT2D eigenvalue weighted by molar-refractivity contribution is 4.86. The minimum absolute atomic E-state index is 0.102. The van der Waals surface area contributed by atoms with E-state index in [-0.39, 0.29) is 12.0 Å². The highest BCUT2D eigenvalue weighted by Gasteiger charge is 2.33. The second-order valence-electron chi connectivity index (χ2n) is 5.24. The van der Waals surface area contributed by atoms with Gasteiger partial charge in [0, 0.05) is 19.6 Å². The fourth-order valence-corrected chi connectivity index (χ4v) is 2.55. The Morgan fingerprint density at radius 1 is 1.35 bits per heavy atom. The molecule has 2 nitrogen and oxygen atoms in total. The van der Waals surface area contributed by atoms with Gasteiger partial charge < -0.3 is 10.2 Å². The van der Waals surface area contributed by atoms with Crippen molar-refractivity contribution < 1.29 is 13.2 Å². The van der Waals surface area contributed by atoms with Crippen LogP contribution in [0.5, 0.6) is 0 Å². The predicted octanol–water partition coefficient (Wildman–Crippen LogP) is 2.65. The molecule has 0 aromatic heterocycles. The molecule has 0 aliphatic carbocycles. The van der Waals surface area contributed by atoms with E-state index in [9.17, 15) is 13.2 Å². The monoisotopic (exact) mass is 252 g/mol. The predicted molar refractivity (Wildman–Crippen MR) is 63.0 cm³/mol. The van der Waals surface area contributed by atoms with Crippen LogP contribution in [-0.4, -0.2) is 44.3 Å². The molecule has 1 rings (SSSR count). The summed E-state index contributed by atoms with van der Waals surface area (Å²) in [6, 6.07) is 0. The third-order valence-corrected chi connectivity index (χ3v) is 3.69. The first-order valence-corrected chi connectivity index (χ1v) is 6.33. The second kappa shape index (κ2) is 6.05. The van der Waals surface area contributed by atoms with Gasteiger partial charge in [-0.25, -0.2) is 0 Å². The third kappa shape index (κ3) is 5.25. The van der Waals surface area contributed by atoms with E-state index in [0.29, 0.717) is 0 Å². The summed E-state index contributed by atoms with van der Waals surface area (Å²) in [5, 5.41) is 3.36. The van der Waals surface area contributed by atoms with Gasteiger partial charge in [0.25, 0.3) is 0 Å². The fraction of sp³-hybridized carbons (Fsp3) is 1.00. The Labute approximate surface area is 102 Å². The van der Waals surface area contributed by atoms with Crippen LogP contribution in [0.1, 0.15) is 32.6 Å². The van der Waals surface area contributed by atoms with Gasteiger partial charge >= 0.3 is 6.18 Å².